The molecule has 0 spiro atoms. The van der Waals surface area contributed by atoms with Gasteiger partial charge in [-0.25, -0.2) is 4.98 Å². The zero-order chi connectivity index (χ0) is 12.6. The molecule has 2 rings (SSSR count). The van der Waals surface area contributed by atoms with E-state index in [2.05, 4.69) is 26.0 Å². The van der Waals surface area contributed by atoms with Gasteiger partial charge >= 0.3 is 6.18 Å². The van der Waals surface area contributed by atoms with Crippen molar-refractivity contribution >= 4 is 21.7 Å². The number of aromatic nitrogens is 3. The summed E-state index contributed by atoms with van der Waals surface area (Å²) in [5.74, 6) is 0.499. The first-order valence-electron chi connectivity index (χ1n) is 4.42. The first kappa shape index (κ1) is 11.9. The van der Waals surface area contributed by atoms with E-state index in [1.807, 2.05) is 0 Å². The van der Waals surface area contributed by atoms with E-state index < -0.39 is 11.7 Å². The largest absolute Gasteiger partial charge is 0.417 e. The van der Waals surface area contributed by atoms with Crippen LogP contribution in [0.15, 0.2) is 29.0 Å². The Labute approximate surface area is 102 Å². The van der Waals surface area contributed by atoms with Crippen LogP contribution in [0.2, 0.25) is 0 Å². The molecule has 4 nitrogen and oxygen atoms in total. The topological polar surface area (TPSA) is 56.7 Å². The van der Waals surface area contributed by atoms with Crippen molar-refractivity contribution < 1.29 is 13.2 Å². The second kappa shape index (κ2) is 4.02. The van der Waals surface area contributed by atoms with Gasteiger partial charge in [0.15, 0.2) is 5.82 Å². The quantitative estimate of drug-likeness (QED) is 0.881. The van der Waals surface area contributed by atoms with Crippen molar-refractivity contribution in [1.29, 1.82) is 0 Å². The van der Waals surface area contributed by atoms with Crippen LogP contribution in [0.4, 0.5) is 19.0 Å². The van der Waals surface area contributed by atoms with Crippen molar-refractivity contribution in [2.24, 2.45) is 0 Å². The van der Waals surface area contributed by atoms with Crippen LogP contribution in [0, 0.1) is 0 Å². The standard InChI is InChI=1S/C9H6BrF3N4/c10-6-4-16-17(8(6)14)7-2-1-5(3-15-7)9(11,12)13/h1-4H,14H2. The average molecular weight is 307 g/mol. The molecule has 2 aromatic rings. The minimum atomic E-state index is -4.40. The SMILES string of the molecule is Nc1c(Br)cnn1-c1ccc(C(F)(F)F)cn1. The monoisotopic (exact) mass is 306 g/mol. The van der Waals surface area contributed by atoms with Crippen LogP contribution in [0.1, 0.15) is 5.56 Å². The summed E-state index contributed by atoms with van der Waals surface area (Å²) in [4.78, 5) is 3.67. The number of hydrogen-bond acceptors (Lipinski definition) is 3. The lowest BCUT2D eigenvalue weighted by Crippen LogP contribution is -2.08. The molecule has 0 saturated heterocycles. The summed E-state index contributed by atoms with van der Waals surface area (Å²) in [6.45, 7) is 0. The van der Waals surface area contributed by atoms with E-state index >= 15 is 0 Å². The molecular weight excluding hydrogens is 301 g/mol. The van der Waals surface area contributed by atoms with Gasteiger partial charge in [0.05, 0.1) is 16.2 Å². The number of nitrogens with two attached hydrogens (primary N) is 1. The van der Waals surface area contributed by atoms with Crippen molar-refractivity contribution in [2.75, 3.05) is 5.73 Å². The van der Waals surface area contributed by atoms with Crippen molar-refractivity contribution in [2.45, 2.75) is 6.18 Å². The van der Waals surface area contributed by atoms with Crippen molar-refractivity contribution in [1.82, 2.24) is 14.8 Å². The highest BCUT2D eigenvalue weighted by Crippen LogP contribution is 2.29. The number of nitrogen functional groups attached to an aromatic ring is 1. The number of alkyl halides is 3. The minimum Gasteiger partial charge on any atom is -0.383 e. The van der Waals surface area contributed by atoms with Gasteiger partial charge in [0.2, 0.25) is 0 Å². The molecule has 17 heavy (non-hydrogen) atoms. The van der Waals surface area contributed by atoms with Gasteiger partial charge in [0.25, 0.3) is 0 Å². The second-order valence-corrected chi connectivity index (χ2v) is 4.05. The maximum Gasteiger partial charge on any atom is 0.417 e. The molecule has 0 unspecified atom stereocenters. The number of pyridine rings is 1. The normalized spacial score (nSPS) is 11.8. The molecule has 0 aliphatic carbocycles. The van der Waals surface area contributed by atoms with Crippen LogP contribution in [-0.4, -0.2) is 14.8 Å². The summed E-state index contributed by atoms with van der Waals surface area (Å²) >= 11 is 3.14. The zero-order valence-corrected chi connectivity index (χ0v) is 9.83. The average Bonchev–Trinajstić information content (AvgIpc) is 2.59. The molecular formula is C9H6BrF3N4. The molecule has 90 valence electrons. The molecule has 0 saturated carbocycles. The lowest BCUT2D eigenvalue weighted by molar-refractivity contribution is -0.137. The third-order valence-corrected chi connectivity index (χ3v) is 2.66. The first-order valence-corrected chi connectivity index (χ1v) is 5.21. The summed E-state index contributed by atoms with van der Waals surface area (Å²) in [7, 11) is 0. The predicted molar refractivity (Wildman–Crippen MR) is 58.5 cm³/mol. The number of nitrogens with zero attached hydrogens (tertiary/aromatic N) is 3. The Balaban J connectivity index is 2.40. The summed E-state index contributed by atoms with van der Waals surface area (Å²) in [5.41, 5.74) is 4.84. The second-order valence-electron chi connectivity index (χ2n) is 3.19. The summed E-state index contributed by atoms with van der Waals surface area (Å²) in [5, 5.41) is 3.88. The summed E-state index contributed by atoms with van der Waals surface area (Å²) < 4.78 is 38.7. The van der Waals surface area contributed by atoms with Gasteiger partial charge < -0.3 is 5.73 Å². The van der Waals surface area contributed by atoms with Crippen molar-refractivity contribution in [3.63, 3.8) is 0 Å². The molecule has 2 N–H and O–H groups in total. The Morgan fingerprint density at radius 2 is 1.94 bits per heavy atom. The maximum absolute atomic E-state index is 12.3. The third-order valence-electron chi connectivity index (χ3n) is 2.05. The smallest absolute Gasteiger partial charge is 0.383 e. The van der Waals surface area contributed by atoms with Crippen molar-refractivity contribution in [3.8, 4) is 5.82 Å². The molecule has 8 heteroatoms. The van der Waals surface area contributed by atoms with Crippen LogP contribution >= 0.6 is 15.9 Å². The minimum absolute atomic E-state index is 0.223. The van der Waals surface area contributed by atoms with Crippen molar-refractivity contribution in [3.05, 3.63) is 34.6 Å². The van der Waals surface area contributed by atoms with E-state index in [-0.39, 0.29) is 11.6 Å². The van der Waals surface area contributed by atoms with Crippen LogP contribution in [0.3, 0.4) is 0 Å². The Morgan fingerprint density at radius 3 is 2.35 bits per heavy atom. The Hall–Kier alpha value is -1.57. The molecule has 0 aliphatic heterocycles. The predicted octanol–water partition coefficient (Wildman–Crippen LogP) is 2.63. The fourth-order valence-electron chi connectivity index (χ4n) is 1.20. The first-order chi connectivity index (χ1) is 7.89. The van der Waals surface area contributed by atoms with Crippen LogP contribution in [0.25, 0.3) is 5.82 Å². The Morgan fingerprint density at radius 1 is 1.24 bits per heavy atom. The van der Waals surface area contributed by atoms with Gasteiger partial charge in [-0.3, -0.25) is 0 Å². The highest BCUT2D eigenvalue weighted by molar-refractivity contribution is 9.10. The maximum atomic E-state index is 12.3. The van der Waals surface area contributed by atoms with E-state index in [0.29, 0.717) is 4.47 Å². The van der Waals surface area contributed by atoms with Crippen LogP contribution < -0.4 is 5.73 Å². The van der Waals surface area contributed by atoms with E-state index in [1.165, 1.54) is 16.9 Å². The number of rotatable bonds is 1. The fraction of sp³-hybridized carbons (Fsp3) is 0.111. The van der Waals surface area contributed by atoms with Gasteiger partial charge in [-0.15, -0.1) is 0 Å². The van der Waals surface area contributed by atoms with E-state index in [4.69, 9.17) is 5.73 Å². The highest BCUT2D eigenvalue weighted by atomic mass is 79.9. The van der Waals surface area contributed by atoms with E-state index in [9.17, 15) is 13.2 Å². The van der Waals surface area contributed by atoms with E-state index in [0.717, 1.165) is 12.3 Å². The van der Waals surface area contributed by atoms with E-state index in [1.54, 1.807) is 0 Å². The molecule has 0 aliphatic rings. The highest BCUT2D eigenvalue weighted by Gasteiger charge is 2.30. The lowest BCUT2D eigenvalue weighted by Gasteiger charge is -2.07. The molecule has 0 atom stereocenters. The Bertz CT molecular complexity index is 532. The molecule has 0 radical (unpaired) electrons. The van der Waals surface area contributed by atoms with Gasteiger partial charge in [-0.2, -0.15) is 23.0 Å². The van der Waals surface area contributed by atoms with Crippen LogP contribution in [0.5, 0.6) is 0 Å². The zero-order valence-electron chi connectivity index (χ0n) is 8.24. The Kier molecular flexibility index (Phi) is 2.82. The number of hydrogen-bond donors (Lipinski definition) is 1. The third kappa shape index (κ3) is 2.26. The molecule has 2 aromatic heterocycles. The van der Waals surface area contributed by atoms with Gasteiger partial charge in [-0.05, 0) is 28.1 Å². The number of halogens is 4. The van der Waals surface area contributed by atoms with Gasteiger partial charge in [-0.1, -0.05) is 0 Å². The fourth-order valence-corrected chi connectivity index (χ4v) is 1.46. The number of anilines is 1. The van der Waals surface area contributed by atoms with Gasteiger partial charge in [0.1, 0.15) is 5.82 Å². The molecule has 0 fully saturated rings. The summed E-state index contributed by atoms with van der Waals surface area (Å²) in [6, 6.07) is 2.13. The molecule has 2 heterocycles. The van der Waals surface area contributed by atoms with Crippen LogP contribution in [-0.2, 0) is 6.18 Å². The lowest BCUT2D eigenvalue weighted by atomic mass is 10.3. The molecule has 0 bridgehead atoms. The molecule has 0 aromatic carbocycles. The van der Waals surface area contributed by atoms with Gasteiger partial charge in [0, 0.05) is 6.20 Å². The summed E-state index contributed by atoms with van der Waals surface area (Å²) in [6.07, 6.45) is -2.22. The molecule has 0 amide bonds.